The summed E-state index contributed by atoms with van der Waals surface area (Å²) >= 11 is 5.30. The molecule has 0 radical (unpaired) electrons. The van der Waals surface area contributed by atoms with E-state index in [1.54, 1.807) is 26.2 Å². The van der Waals surface area contributed by atoms with Crippen LogP contribution in [-0.4, -0.2) is 51.6 Å². The zero-order chi connectivity index (χ0) is 32.5. The fourth-order valence-corrected chi connectivity index (χ4v) is 7.50. The molecule has 0 bridgehead atoms. The van der Waals surface area contributed by atoms with Gasteiger partial charge >= 0.3 is 11.9 Å². The Morgan fingerprint density at radius 1 is 0.761 bits per heavy atom. The summed E-state index contributed by atoms with van der Waals surface area (Å²) in [6.07, 6.45) is 3.35. The van der Waals surface area contributed by atoms with E-state index in [1.807, 2.05) is 53.2 Å². The Balaban J connectivity index is 1.61. The van der Waals surface area contributed by atoms with Crippen LogP contribution in [0.25, 0.3) is 43.4 Å². The van der Waals surface area contributed by atoms with Crippen LogP contribution in [0.3, 0.4) is 0 Å². The summed E-state index contributed by atoms with van der Waals surface area (Å²) in [4.78, 5) is 40.2. The molecule has 0 N–H and O–H groups in total. The number of carbonyl (C=O) groups excluding carboxylic acids is 2. The van der Waals surface area contributed by atoms with Crippen molar-refractivity contribution in [3.8, 4) is 55.5 Å². The predicted octanol–water partition coefficient (Wildman–Crippen LogP) is 7.72. The lowest BCUT2D eigenvalue weighted by molar-refractivity contribution is -0.140. The van der Waals surface area contributed by atoms with Crippen LogP contribution in [0.2, 0.25) is 0 Å². The second-order valence-electron chi connectivity index (χ2n) is 9.30. The number of hydrogen-bond donors (Lipinski definition) is 0. The molecule has 0 saturated carbocycles. The number of aromatic nitrogens is 3. The van der Waals surface area contributed by atoms with Crippen LogP contribution in [0.1, 0.15) is 25.0 Å². The van der Waals surface area contributed by atoms with Gasteiger partial charge in [-0.1, -0.05) is 35.7 Å². The second-order valence-corrected chi connectivity index (χ2v) is 13.1. The number of nitrogens with zero attached hydrogens (tertiary/aromatic N) is 5. The van der Waals surface area contributed by atoms with Gasteiger partial charge in [0.15, 0.2) is 0 Å². The summed E-state index contributed by atoms with van der Waals surface area (Å²) in [5.74, 6) is -0.771. The molecule has 230 valence electrons. The number of nitriles is 2. The first-order valence-corrected chi connectivity index (χ1v) is 17.7. The van der Waals surface area contributed by atoms with Crippen LogP contribution in [-0.2, 0) is 19.1 Å². The van der Waals surface area contributed by atoms with Crippen LogP contribution in [0.15, 0.2) is 75.7 Å². The topological polar surface area (TPSA) is 139 Å². The molecule has 0 aliphatic rings. The van der Waals surface area contributed by atoms with E-state index in [-0.39, 0.29) is 24.7 Å². The minimum atomic E-state index is -0.394. The van der Waals surface area contributed by atoms with E-state index in [0.29, 0.717) is 54.8 Å². The molecule has 0 unspecified atom stereocenters. The average molecular weight is 684 g/mol. The summed E-state index contributed by atoms with van der Waals surface area (Å²) in [5.41, 5.74) is 4.62. The normalized spacial score (nSPS) is 10.6. The average Bonchev–Trinajstić information content (AvgIpc) is 3.81. The van der Waals surface area contributed by atoms with Gasteiger partial charge in [-0.2, -0.15) is 10.5 Å². The maximum Gasteiger partial charge on any atom is 0.316 e. The number of thioether (sulfide) groups is 2. The Bertz CT molecular complexity index is 1810. The zero-order valence-electron chi connectivity index (χ0n) is 24.7. The smallest absolute Gasteiger partial charge is 0.316 e. The van der Waals surface area contributed by atoms with Crippen molar-refractivity contribution in [1.29, 1.82) is 10.5 Å². The number of carbonyl (C=O) groups is 2. The van der Waals surface area contributed by atoms with E-state index in [0.717, 1.165) is 33.3 Å². The molecule has 0 fully saturated rings. The highest BCUT2D eigenvalue weighted by atomic mass is 32.2. The highest BCUT2D eigenvalue weighted by Gasteiger charge is 2.21. The van der Waals surface area contributed by atoms with Crippen molar-refractivity contribution < 1.29 is 19.1 Å². The van der Waals surface area contributed by atoms with Crippen LogP contribution in [0.4, 0.5) is 0 Å². The van der Waals surface area contributed by atoms with Crippen molar-refractivity contribution in [1.82, 2.24) is 15.0 Å². The minimum Gasteiger partial charge on any atom is -0.465 e. The quantitative estimate of drug-likeness (QED) is 0.0943. The summed E-state index contributed by atoms with van der Waals surface area (Å²) < 4.78 is 10.2. The molecule has 0 aromatic carbocycles. The van der Waals surface area contributed by atoms with Crippen LogP contribution >= 0.6 is 46.2 Å². The molecule has 9 nitrogen and oxygen atoms in total. The van der Waals surface area contributed by atoms with Gasteiger partial charge in [0.05, 0.1) is 47.2 Å². The fraction of sp³-hybridized carbons (Fsp3) is 0.182. The fourth-order valence-electron chi connectivity index (χ4n) is 4.40. The molecule has 5 aromatic rings. The summed E-state index contributed by atoms with van der Waals surface area (Å²) in [6, 6.07) is 17.8. The van der Waals surface area contributed by atoms with E-state index in [2.05, 4.69) is 17.1 Å². The third-order valence-corrected chi connectivity index (χ3v) is 10.1. The Morgan fingerprint density at radius 3 is 1.59 bits per heavy atom. The Kier molecular flexibility index (Phi) is 11.2. The van der Waals surface area contributed by atoms with Gasteiger partial charge in [0.2, 0.25) is 0 Å². The van der Waals surface area contributed by atoms with E-state index in [1.165, 1.54) is 22.7 Å². The summed E-state index contributed by atoms with van der Waals surface area (Å²) in [7, 11) is 0. The van der Waals surface area contributed by atoms with Gasteiger partial charge in [0.25, 0.3) is 0 Å². The van der Waals surface area contributed by atoms with Gasteiger partial charge in [0, 0.05) is 44.4 Å². The van der Waals surface area contributed by atoms with Crippen molar-refractivity contribution in [2.75, 3.05) is 24.7 Å². The molecule has 0 aliphatic heterocycles. The van der Waals surface area contributed by atoms with Crippen molar-refractivity contribution in [2.24, 2.45) is 0 Å². The molecule has 5 rings (SSSR count). The van der Waals surface area contributed by atoms with Crippen LogP contribution in [0, 0.1) is 22.7 Å². The van der Waals surface area contributed by atoms with Gasteiger partial charge in [0.1, 0.15) is 22.2 Å². The first-order valence-electron chi connectivity index (χ1n) is 14.0. The van der Waals surface area contributed by atoms with E-state index in [4.69, 9.17) is 19.4 Å². The molecule has 0 aliphatic carbocycles. The van der Waals surface area contributed by atoms with Crippen molar-refractivity contribution in [3.05, 3.63) is 76.7 Å². The molecular formula is C33H25N5O4S4. The van der Waals surface area contributed by atoms with E-state index < -0.39 is 11.9 Å². The SMILES string of the molecule is CCOC(=O)CSc1nc(-c2cncc(-c3cc(-c4cccs4)c(C#N)c(SCC(=O)OCC)n3)c2)cc(-c2cccs2)c1C#N. The maximum absolute atomic E-state index is 12.2. The van der Waals surface area contributed by atoms with Gasteiger partial charge in [-0.25, -0.2) is 9.97 Å². The molecule has 5 heterocycles. The third-order valence-electron chi connectivity index (χ3n) is 6.36. The number of rotatable bonds is 12. The van der Waals surface area contributed by atoms with Crippen molar-refractivity contribution in [3.63, 3.8) is 0 Å². The van der Waals surface area contributed by atoms with Crippen molar-refractivity contribution in [2.45, 2.75) is 23.9 Å². The lowest BCUT2D eigenvalue weighted by Crippen LogP contribution is -2.07. The Labute approximate surface area is 282 Å². The molecule has 0 saturated heterocycles. The number of pyridine rings is 3. The van der Waals surface area contributed by atoms with Crippen molar-refractivity contribution >= 4 is 58.1 Å². The lowest BCUT2D eigenvalue weighted by atomic mass is 10.0. The van der Waals surface area contributed by atoms with Gasteiger partial charge in [-0.3, -0.25) is 14.6 Å². The monoisotopic (exact) mass is 683 g/mol. The number of esters is 2. The molecule has 13 heteroatoms. The minimum absolute atomic E-state index is 0.00798. The number of ether oxygens (including phenoxy) is 2. The van der Waals surface area contributed by atoms with Gasteiger partial charge in [-0.15, -0.1) is 22.7 Å². The first-order chi connectivity index (χ1) is 22.4. The zero-order valence-corrected chi connectivity index (χ0v) is 27.9. The molecule has 5 aromatic heterocycles. The van der Waals surface area contributed by atoms with Gasteiger partial charge < -0.3 is 9.47 Å². The van der Waals surface area contributed by atoms with Crippen LogP contribution in [0.5, 0.6) is 0 Å². The standard InChI is InChI=1S/C33H25N5O4S4/c1-3-41-30(39)18-45-32-24(14-34)22(28-7-5-9-43-28)12-26(37-32)20-11-21(17-36-16-20)27-13-23(29-8-6-10-44-29)25(15-35)33(38-27)46-19-31(40)42-4-2/h5-13,16-17H,3-4,18-19H2,1-2H3. The summed E-state index contributed by atoms with van der Waals surface area (Å²) in [5, 5.41) is 24.9. The first kappa shape index (κ1) is 32.9. The molecule has 46 heavy (non-hydrogen) atoms. The molecule has 0 spiro atoms. The third kappa shape index (κ3) is 7.63. The van der Waals surface area contributed by atoms with Crippen LogP contribution < -0.4 is 0 Å². The lowest BCUT2D eigenvalue weighted by Gasteiger charge is -2.13. The summed E-state index contributed by atoms with van der Waals surface area (Å²) in [6.45, 7) is 4.01. The van der Waals surface area contributed by atoms with Gasteiger partial charge in [-0.05, 0) is 54.9 Å². The molecule has 0 amide bonds. The number of thiophene rings is 2. The highest BCUT2D eigenvalue weighted by molar-refractivity contribution is 8.00. The molecule has 0 atom stereocenters. The number of hydrogen-bond acceptors (Lipinski definition) is 13. The second kappa shape index (κ2) is 15.7. The Morgan fingerprint density at radius 2 is 1.22 bits per heavy atom. The predicted molar refractivity (Wildman–Crippen MR) is 181 cm³/mol. The maximum atomic E-state index is 12.2. The molecular weight excluding hydrogens is 659 g/mol. The van der Waals surface area contributed by atoms with E-state index >= 15 is 0 Å². The Hall–Kier alpha value is -4.53. The highest BCUT2D eigenvalue weighted by Crippen LogP contribution is 2.39. The largest absolute Gasteiger partial charge is 0.465 e. The van der Waals surface area contributed by atoms with E-state index in [9.17, 15) is 20.1 Å².